The van der Waals surface area contributed by atoms with Crippen LogP contribution in [0.1, 0.15) is 19.5 Å². The number of carboxylic acids is 1. The van der Waals surface area contributed by atoms with Gasteiger partial charge in [-0.15, -0.1) is 23.1 Å². The Hall–Kier alpha value is -2.47. The van der Waals surface area contributed by atoms with Gasteiger partial charge in [-0.2, -0.15) is 12.7 Å². The molecule has 17 heteroatoms. The third-order valence-electron chi connectivity index (χ3n) is 3.86. The number of aromatic nitrogens is 1. The van der Waals surface area contributed by atoms with Crippen LogP contribution < -0.4 is 16.8 Å². The van der Waals surface area contributed by atoms with Crippen LogP contribution in [0.4, 0.5) is 5.13 Å². The smallest absolute Gasteiger partial charge is 0.363 e. The molecule has 1 saturated heterocycles. The number of nitrogens with one attached hydrogen (secondary N) is 1. The number of nitrogens with zero attached hydrogens (tertiary/aromatic N) is 3. The van der Waals surface area contributed by atoms with Crippen molar-refractivity contribution >= 4 is 62.5 Å². The molecule has 4 atom stereocenters. The number of oxime groups is 1. The largest absolute Gasteiger partial charge is 0.478 e. The molecule has 2 amide bonds. The number of carboxylic acid groups (broad SMARTS) is 1. The van der Waals surface area contributed by atoms with E-state index in [0.29, 0.717) is 11.9 Å². The van der Waals surface area contributed by atoms with E-state index in [-0.39, 0.29) is 15.9 Å². The fourth-order valence-corrected chi connectivity index (χ4v) is 5.21. The number of hydrogen-bond acceptors (Lipinski definition) is 12. The monoisotopic (exact) mass is 496 g/mol. The van der Waals surface area contributed by atoms with Gasteiger partial charge in [0, 0.05) is 17.2 Å². The lowest BCUT2D eigenvalue weighted by Crippen LogP contribution is -2.71. The molecule has 1 aliphatic heterocycles. The van der Waals surface area contributed by atoms with Gasteiger partial charge in [0.2, 0.25) is 5.60 Å². The van der Waals surface area contributed by atoms with Gasteiger partial charge in [0.25, 0.3) is 11.8 Å². The minimum atomic E-state index is -4.83. The summed E-state index contributed by atoms with van der Waals surface area (Å²) in [5.41, 5.74) is 9.59. The molecule has 0 aliphatic carbocycles. The van der Waals surface area contributed by atoms with Crippen LogP contribution in [0.15, 0.2) is 10.5 Å². The third kappa shape index (κ3) is 6.03. The van der Waals surface area contributed by atoms with Crippen LogP contribution in [0.25, 0.3) is 0 Å². The van der Waals surface area contributed by atoms with Gasteiger partial charge in [-0.3, -0.25) is 14.1 Å². The number of aliphatic carboxylic acids is 1. The number of β-lactam (4-membered cyclic amide) rings is 1. The van der Waals surface area contributed by atoms with Crippen LogP contribution in [0.2, 0.25) is 0 Å². The zero-order valence-corrected chi connectivity index (χ0v) is 18.6. The second-order valence-electron chi connectivity index (χ2n) is 6.55. The van der Waals surface area contributed by atoms with Gasteiger partial charge in [-0.25, -0.2) is 9.78 Å². The van der Waals surface area contributed by atoms with Crippen molar-refractivity contribution in [2.75, 3.05) is 5.73 Å². The van der Waals surface area contributed by atoms with Crippen molar-refractivity contribution in [3.05, 3.63) is 11.1 Å². The average Bonchev–Trinajstić information content (AvgIpc) is 3.02. The molecular weight excluding hydrogens is 476 g/mol. The highest BCUT2D eigenvalue weighted by atomic mass is 32.2. The van der Waals surface area contributed by atoms with Gasteiger partial charge >= 0.3 is 16.3 Å². The normalized spacial score (nSPS) is 21.9. The van der Waals surface area contributed by atoms with Gasteiger partial charge in [0.15, 0.2) is 5.13 Å². The van der Waals surface area contributed by atoms with Gasteiger partial charge < -0.3 is 26.7 Å². The van der Waals surface area contributed by atoms with E-state index in [4.69, 9.17) is 20.9 Å². The van der Waals surface area contributed by atoms with Crippen molar-refractivity contribution in [2.45, 2.75) is 42.7 Å². The molecular formula is C14H20N6O8S3. The number of thioether (sulfide) groups is 1. The number of hydrogen-bond donors (Lipinski definition) is 5. The predicted octanol–water partition coefficient (Wildman–Crippen LogP) is -1.39. The zero-order chi connectivity index (χ0) is 23.6. The highest BCUT2D eigenvalue weighted by Gasteiger charge is 2.54. The maximum absolute atomic E-state index is 12.1. The number of carbonyl (C=O) groups excluding carboxylic acids is 2. The van der Waals surface area contributed by atoms with E-state index in [1.807, 2.05) is 0 Å². The molecule has 0 aromatic carbocycles. The van der Waals surface area contributed by atoms with Crippen molar-refractivity contribution in [2.24, 2.45) is 10.9 Å². The Labute approximate surface area is 184 Å². The molecule has 2 rings (SSSR count). The van der Waals surface area contributed by atoms with Gasteiger partial charge in [-0.1, -0.05) is 5.16 Å². The second-order valence-corrected chi connectivity index (χ2v) is 10.2. The van der Waals surface area contributed by atoms with Crippen LogP contribution in [0.5, 0.6) is 0 Å². The van der Waals surface area contributed by atoms with E-state index in [9.17, 15) is 27.9 Å². The summed E-state index contributed by atoms with van der Waals surface area (Å²) in [4.78, 5) is 44.6. The molecule has 172 valence electrons. The number of nitrogen functional groups attached to an aromatic ring is 1. The third-order valence-corrected chi connectivity index (χ3v) is 6.82. The minimum absolute atomic E-state index is 0.188. The summed E-state index contributed by atoms with van der Waals surface area (Å²) in [7, 11) is -4.83. The van der Waals surface area contributed by atoms with Crippen molar-refractivity contribution in [3.8, 4) is 0 Å². The van der Waals surface area contributed by atoms with E-state index in [2.05, 4.69) is 15.5 Å². The van der Waals surface area contributed by atoms with Crippen LogP contribution in [0, 0.1) is 0 Å². The summed E-state index contributed by atoms with van der Waals surface area (Å²) in [6.45, 7) is 2.74. The van der Waals surface area contributed by atoms with Crippen molar-refractivity contribution in [1.29, 1.82) is 0 Å². The quantitative estimate of drug-likeness (QED) is 0.0828. The first kappa shape index (κ1) is 24.8. The standard InChI is InChI=1S/C14H20N6O8S3/c1-6(15)30-11-9(10(22)20(11)31(25,26)27)19-8(21)4-17-28-14(2,12(23)24)3-7-5-29-13(16)18-7/h4-6,9,11H,3,15H2,1-2H3,(H2,16,18)(H,19,21)(H,23,24)(H,25,26,27)/b17-4+/t6-,9-,11-,14-/m1/s1. The first-order chi connectivity index (χ1) is 14.2. The first-order valence-corrected chi connectivity index (χ1v) is 11.6. The SMILES string of the molecule is C[C@H](N)S[C@@H]1[C@H](NC(=O)/C=N/O[C@](C)(Cc2csc(N)n2)C(=O)O)C(=O)N1S(=O)(=O)O. The number of rotatable bonds is 10. The zero-order valence-electron chi connectivity index (χ0n) is 16.2. The lowest BCUT2D eigenvalue weighted by Gasteiger charge is -2.43. The second kappa shape index (κ2) is 9.35. The Morgan fingerprint density at radius 2 is 2.23 bits per heavy atom. The number of anilines is 1. The Kier molecular flexibility index (Phi) is 7.48. The molecule has 1 aromatic rings. The number of thiazole rings is 1. The maximum Gasteiger partial charge on any atom is 0.363 e. The molecule has 1 aromatic heterocycles. The van der Waals surface area contributed by atoms with Crippen molar-refractivity contribution < 1.29 is 37.3 Å². The van der Waals surface area contributed by atoms with Crippen LogP contribution in [-0.2, 0) is 35.9 Å². The molecule has 0 unspecified atom stereocenters. The summed E-state index contributed by atoms with van der Waals surface area (Å²) >= 11 is 1.94. The van der Waals surface area contributed by atoms with Crippen molar-refractivity contribution in [3.63, 3.8) is 0 Å². The lowest BCUT2D eigenvalue weighted by atomic mass is 10.0. The fourth-order valence-electron chi connectivity index (χ4n) is 2.45. The lowest BCUT2D eigenvalue weighted by molar-refractivity contribution is -0.163. The van der Waals surface area contributed by atoms with Crippen LogP contribution >= 0.6 is 23.1 Å². The molecule has 1 aliphatic rings. The minimum Gasteiger partial charge on any atom is -0.478 e. The molecule has 2 heterocycles. The summed E-state index contributed by atoms with van der Waals surface area (Å²) in [5.74, 6) is -3.41. The number of amides is 2. The van der Waals surface area contributed by atoms with E-state index in [1.54, 1.807) is 5.38 Å². The summed E-state index contributed by atoms with van der Waals surface area (Å²) in [6.07, 6.45) is 0.403. The van der Waals surface area contributed by atoms with E-state index < -0.39 is 50.5 Å². The molecule has 0 bridgehead atoms. The van der Waals surface area contributed by atoms with Gasteiger partial charge in [-0.05, 0) is 13.8 Å². The maximum atomic E-state index is 12.1. The molecule has 0 saturated carbocycles. The van der Waals surface area contributed by atoms with E-state index >= 15 is 0 Å². The Morgan fingerprint density at radius 3 is 2.71 bits per heavy atom. The Morgan fingerprint density at radius 1 is 1.58 bits per heavy atom. The molecule has 31 heavy (non-hydrogen) atoms. The molecule has 0 spiro atoms. The first-order valence-electron chi connectivity index (χ1n) is 8.41. The van der Waals surface area contributed by atoms with Crippen LogP contribution in [-0.4, -0.2) is 73.8 Å². The highest BCUT2D eigenvalue weighted by Crippen LogP contribution is 2.33. The van der Waals surface area contributed by atoms with Gasteiger partial charge in [0.1, 0.15) is 17.6 Å². The fraction of sp³-hybridized carbons (Fsp3) is 0.500. The number of carbonyl (C=O) groups is 3. The number of nitrogens with two attached hydrogens (primary N) is 2. The predicted molar refractivity (Wildman–Crippen MR) is 111 cm³/mol. The summed E-state index contributed by atoms with van der Waals surface area (Å²) < 4.78 is 32.0. The highest BCUT2D eigenvalue weighted by molar-refractivity contribution is 8.01. The van der Waals surface area contributed by atoms with Gasteiger partial charge in [0.05, 0.1) is 5.69 Å². The Balaban J connectivity index is 2.03. The van der Waals surface area contributed by atoms with E-state index in [0.717, 1.165) is 23.1 Å². The van der Waals surface area contributed by atoms with Crippen molar-refractivity contribution in [1.82, 2.24) is 14.6 Å². The van der Waals surface area contributed by atoms with Crippen LogP contribution in [0.3, 0.4) is 0 Å². The molecule has 1 fully saturated rings. The molecule has 0 radical (unpaired) electrons. The Bertz CT molecular complexity index is 996. The molecule has 14 nitrogen and oxygen atoms in total. The summed E-state index contributed by atoms with van der Waals surface area (Å²) in [6, 6.07) is -1.30. The topological polar surface area (TPSA) is 228 Å². The summed E-state index contributed by atoms with van der Waals surface area (Å²) in [5, 5.41) is 15.0. The van der Waals surface area contributed by atoms with E-state index in [1.165, 1.54) is 13.8 Å². The average molecular weight is 497 g/mol. The molecule has 7 N–H and O–H groups in total.